The first kappa shape index (κ1) is 6.97. The van der Waals surface area contributed by atoms with Crippen LogP contribution >= 0.6 is 29.1 Å². The van der Waals surface area contributed by atoms with E-state index >= 15 is 0 Å². The summed E-state index contributed by atoms with van der Waals surface area (Å²) >= 11 is 10.5. The van der Waals surface area contributed by atoms with E-state index < -0.39 is 6.63 Å². The summed E-state index contributed by atoms with van der Waals surface area (Å²) in [7, 11) is 0. The predicted octanol–water partition coefficient (Wildman–Crippen LogP) is 1.77. The first-order valence-corrected chi connectivity index (χ1v) is 4.81. The molecule has 0 bridgehead atoms. The van der Waals surface area contributed by atoms with Gasteiger partial charge in [0, 0.05) is 12.8 Å². The van der Waals surface area contributed by atoms with E-state index in [2.05, 4.69) is 0 Å². The van der Waals surface area contributed by atoms with Crippen molar-refractivity contribution < 1.29 is 5.11 Å². The highest BCUT2D eigenvalue weighted by Gasteiger charge is 1.92. The van der Waals surface area contributed by atoms with Crippen molar-refractivity contribution in [2.45, 2.75) is 0 Å². The lowest BCUT2D eigenvalue weighted by atomic mass is 10.9. The van der Waals surface area contributed by atoms with Gasteiger partial charge < -0.3 is 5.11 Å². The zero-order valence-corrected chi connectivity index (χ0v) is 5.47. The van der Waals surface area contributed by atoms with Crippen molar-refractivity contribution in [3.63, 3.8) is 0 Å². The third-order valence-electron chi connectivity index (χ3n) is 0.269. The van der Waals surface area contributed by atoms with Gasteiger partial charge in [0.05, 0.1) is 6.63 Å². The lowest BCUT2D eigenvalue weighted by Gasteiger charge is -1.89. The Kier molecular flexibility index (Phi) is 4.81. The summed E-state index contributed by atoms with van der Waals surface area (Å²) in [6.45, 7) is -0.810. The molecule has 0 saturated carbocycles. The fourth-order valence-corrected chi connectivity index (χ4v) is 0.680. The number of rotatable bonds is 2. The maximum atomic E-state index is 8.08. The van der Waals surface area contributed by atoms with Crippen molar-refractivity contribution in [2.24, 2.45) is 0 Å². The summed E-state index contributed by atoms with van der Waals surface area (Å²) in [6, 6.07) is 0. The molecule has 0 aromatic rings. The van der Waals surface area contributed by atoms with Gasteiger partial charge in [-0.15, -0.1) is 0 Å². The third-order valence-corrected chi connectivity index (χ3v) is 1.82. The fourth-order valence-electron chi connectivity index (χ4n) is 0.0756. The second-order valence-corrected chi connectivity index (χ2v) is 4.77. The van der Waals surface area contributed by atoms with Gasteiger partial charge in [-0.25, -0.2) is 0 Å². The van der Waals surface area contributed by atoms with Crippen molar-refractivity contribution >= 4 is 29.1 Å². The molecule has 0 atom stereocenters. The summed E-state index contributed by atoms with van der Waals surface area (Å²) in [5, 5.41) is 8.08. The summed E-state index contributed by atoms with van der Waals surface area (Å²) < 4.78 is 0. The molecular weight excluding hydrogens is 142 g/mol. The van der Waals surface area contributed by atoms with Gasteiger partial charge >= 0.3 is 0 Å². The normalized spacial score (nSPS) is 10.0. The van der Waals surface area contributed by atoms with Gasteiger partial charge in [0.2, 0.25) is 0 Å². The lowest BCUT2D eigenvalue weighted by molar-refractivity contribution is 0.322. The molecule has 0 aromatic carbocycles. The maximum absolute atomic E-state index is 8.08. The molecule has 0 aromatic heterocycles. The SMILES string of the molecule is OCCP(Cl)Cl. The summed E-state index contributed by atoms with van der Waals surface area (Å²) in [6.07, 6.45) is 0.526. The molecule has 0 unspecified atom stereocenters. The lowest BCUT2D eigenvalue weighted by Crippen LogP contribution is -1.80. The van der Waals surface area contributed by atoms with Gasteiger partial charge in [0.15, 0.2) is 0 Å². The Morgan fingerprint density at radius 1 is 1.50 bits per heavy atom. The average Bonchev–Trinajstić information content (AvgIpc) is 1.35. The molecule has 1 N–H and O–H groups in total. The van der Waals surface area contributed by atoms with Crippen LogP contribution in [0.4, 0.5) is 0 Å². The number of hydrogen-bond donors (Lipinski definition) is 1. The van der Waals surface area contributed by atoms with E-state index in [0.717, 1.165) is 0 Å². The minimum Gasteiger partial charge on any atom is -0.396 e. The Bertz CT molecular complexity index is 32.7. The van der Waals surface area contributed by atoms with E-state index in [-0.39, 0.29) is 6.61 Å². The largest absolute Gasteiger partial charge is 0.396 e. The third kappa shape index (κ3) is 4.97. The van der Waals surface area contributed by atoms with Crippen molar-refractivity contribution in [1.29, 1.82) is 0 Å². The van der Waals surface area contributed by atoms with E-state index in [9.17, 15) is 0 Å². The maximum Gasteiger partial charge on any atom is 0.0877 e. The van der Waals surface area contributed by atoms with Crippen LogP contribution in [0.5, 0.6) is 0 Å². The molecule has 0 saturated heterocycles. The molecule has 0 fully saturated rings. The smallest absolute Gasteiger partial charge is 0.0877 e. The van der Waals surface area contributed by atoms with Gasteiger partial charge in [-0.3, -0.25) is 0 Å². The highest BCUT2D eigenvalue weighted by atomic mass is 35.9. The van der Waals surface area contributed by atoms with E-state index in [1.54, 1.807) is 0 Å². The van der Waals surface area contributed by atoms with Gasteiger partial charge in [-0.2, -0.15) is 0 Å². The van der Waals surface area contributed by atoms with Crippen molar-refractivity contribution in [2.75, 3.05) is 12.8 Å². The van der Waals surface area contributed by atoms with Crippen molar-refractivity contribution in [3.05, 3.63) is 0 Å². The highest BCUT2D eigenvalue weighted by molar-refractivity contribution is 8.03. The molecule has 1 nitrogen and oxygen atoms in total. The van der Waals surface area contributed by atoms with Gasteiger partial charge in [0.25, 0.3) is 0 Å². The summed E-state index contributed by atoms with van der Waals surface area (Å²) in [5.74, 6) is 0. The molecule has 0 radical (unpaired) electrons. The van der Waals surface area contributed by atoms with Crippen LogP contribution in [-0.4, -0.2) is 17.9 Å². The van der Waals surface area contributed by atoms with E-state index in [1.165, 1.54) is 0 Å². The van der Waals surface area contributed by atoms with Crippen LogP contribution in [0.1, 0.15) is 0 Å². The van der Waals surface area contributed by atoms with Crippen LogP contribution < -0.4 is 0 Å². The molecule has 0 rings (SSSR count). The molecule has 0 aliphatic heterocycles. The van der Waals surface area contributed by atoms with Crippen molar-refractivity contribution in [3.8, 4) is 0 Å². The first-order valence-electron chi connectivity index (χ1n) is 1.47. The molecule has 38 valence electrons. The number of halogens is 2. The summed E-state index contributed by atoms with van der Waals surface area (Å²) in [4.78, 5) is 0. The Balaban J connectivity index is 2.63. The van der Waals surface area contributed by atoms with Gasteiger partial charge in [-0.1, -0.05) is 22.5 Å². The Labute approximate surface area is 47.6 Å². The molecule has 0 aliphatic rings. The standard InChI is InChI=1S/C2H5Cl2OP/c3-6(4)2-1-5/h5H,1-2H2. The second-order valence-electron chi connectivity index (χ2n) is 0.750. The molecule has 0 amide bonds. The van der Waals surface area contributed by atoms with E-state index in [1.807, 2.05) is 0 Å². The quantitative estimate of drug-likeness (QED) is 0.590. The van der Waals surface area contributed by atoms with Crippen molar-refractivity contribution in [1.82, 2.24) is 0 Å². The zero-order valence-electron chi connectivity index (χ0n) is 3.06. The monoisotopic (exact) mass is 146 g/mol. The second kappa shape index (κ2) is 4.14. The van der Waals surface area contributed by atoms with Crippen LogP contribution in [0.25, 0.3) is 0 Å². The predicted molar refractivity (Wildman–Crippen MR) is 30.6 cm³/mol. The Morgan fingerprint density at radius 3 is 2.00 bits per heavy atom. The average molecular weight is 147 g/mol. The number of hydrogen-bond acceptors (Lipinski definition) is 1. The minimum absolute atomic E-state index is 0.0959. The number of aliphatic hydroxyl groups excluding tert-OH is 1. The first-order chi connectivity index (χ1) is 2.77. The summed E-state index contributed by atoms with van der Waals surface area (Å²) in [5.41, 5.74) is 0. The fraction of sp³-hybridized carbons (Fsp3) is 1.00. The Morgan fingerprint density at radius 2 is 2.00 bits per heavy atom. The van der Waals surface area contributed by atoms with Crippen LogP contribution in [-0.2, 0) is 0 Å². The molecule has 0 heterocycles. The van der Waals surface area contributed by atoms with E-state index in [0.29, 0.717) is 6.16 Å². The molecule has 4 heteroatoms. The molecule has 0 aliphatic carbocycles. The topological polar surface area (TPSA) is 20.2 Å². The van der Waals surface area contributed by atoms with Crippen LogP contribution in [0.15, 0.2) is 0 Å². The van der Waals surface area contributed by atoms with Gasteiger partial charge in [-0.05, 0) is 0 Å². The number of aliphatic hydroxyl groups is 1. The van der Waals surface area contributed by atoms with E-state index in [4.69, 9.17) is 27.6 Å². The Hall–Kier alpha value is 0.970. The molecule has 0 spiro atoms. The molecular formula is C2H5Cl2OP. The van der Waals surface area contributed by atoms with Crippen LogP contribution in [0.3, 0.4) is 0 Å². The van der Waals surface area contributed by atoms with Crippen LogP contribution in [0.2, 0.25) is 0 Å². The minimum atomic E-state index is -0.906. The highest BCUT2D eigenvalue weighted by Crippen LogP contribution is 2.45. The van der Waals surface area contributed by atoms with Gasteiger partial charge in [0.1, 0.15) is 0 Å². The van der Waals surface area contributed by atoms with Crippen LogP contribution in [0, 0.1) is 0 Å². The molecule has 6 heavy (non-hydrogen) atoms. The zero-order chi connectivity index (χ0) is 4.99.